The second-order valence-electron chi connectivity index (χ2n) is 6.69. The number of urea groups is 1. The first kappa shape index (κ1) is 15.8. The Hall–Kier alpha value is -2.11. The van der Waals surface area contributed by atoms with Crippen LogP contribution in [0.15, 0.2) is 24.4 Å². The van der Waals surface area contributed by atoms with E-state index in [0.29, 0.717) is 12.5 Å². The van der Waals surface area contributed by atoms with Crippen LogP contribution in [0, 0.1) is 5.92 Å². The fourth-order valence-electron chi connectivity index (χ4n) is 3.09. The van der Waals surface area contributed by atoms with Crippen molar-refractivity contribution in [1.29, 1.82) is 0 Å². The molecule has 0 unspecified atom stereocenters. The molecule has 1 fully saturated rings. The molecule has 1 aliphatic heterocycles. The summed E-state index contributed by atoms with van der Waals surface area (Å²) in [5.41, 5.74) is 0.862. The molecular formula is C17H25N5O. The molecule has 0 aromatic carbocycles. The third-order valence-electron chi connectivity index (χ3n) is 4.41. The number of aromatic nitrogens is 3. The van der Waals surface area contributed by atoms with E-state index in [2.05, 4.69) is 29.4 Å². The van der Waals surface area contributed by atoms with Crippen molar-refractivity contribution in [2.75, 3.05) is 19.6 Å². The Labute approximate surface area is 136 Å². The zero-order valence-corrected chi connectivity index (χ0v) is 13.9. The van der Waals surface area contributed by atoms with E-state index in [1.807, 2.05) is 33.7 Å². The number of hydrogen-bond acceptors (Lipinski definition) is 3. The number of carbonyl (C=O) groups is 1. The summed E-state index contributed by atoms with van der Waals surface area (Å²) in [6.45, 7) is 6.61. The Bertz CT molecular complexity index is 666. The van der Waals surface area contributed by atoms with Crippen molar-refractivity contribution in [2.45, 2.75) is 39.0 Å². The van der Waals surface area contributed by atoms with Crippen LogP contribution in [0.4, 0.5) is 4.79 Å². The molecule has 2 aromatic rings. The molecule has 1 aliphatic rings. The van der Waals surface area contributed by atoms with Crippen LogP contribution >= 0.6 is 0 Å². The van der Waals surface area contributed by atoms with Crippen molar-refractivity contribution in [2.24, 2.45) is 5.92 Å². The van der Waals surface area contributed by atoms with Gasteiger partial charge in [0.25, 0.3) is 0 Å². The average Bonchev–Trinajstić information content (AvgIpc) is 2.98. The monoisotopic (exact) mass is 315 g/mol. The Morgan fingerprint density at radius 3 is 3.09 bits per heavy atom. The molecule has 1 N–H and O–H groups in total. The molecule has 6 heteroatoms. The Balaban J connectivity index is 1.65. The maximum absolute atomic E-state index is 12.3. The van der Waals surface area contributed by atoms with Gasteiger partial charge in [0, 0.05) is 31.7 Å². The molecule has 2 aromatic heterocycles. The van der Waals surface area contributed by atoms with Gasteiger partial charge in [-0.05, 0) is 37.3 Å². The van der Waals surface area contributed by atoms with Gasteiger partial charge in [-0.2, -0.15) is 0 Å². The first-order valence-corrected chi connectivity index (χ1v) is 8.47. The molecule has 3 heterocycles. The number of carbonyl (C=O) groups excluding carboxylic acids is 1. The quantitative estimate of drug-likeness (QED) is 0.943. The highest BCUT2D eigenvalue weighted by atomic mass is 16.2. The van der Waals surface area contributed by atoms with Crippen LogP contribution in [0.2, 0.25) is 0 Å². The molecular weight excluding hydrogens is 290 g/mol. The molecule has 0 spiro atoms. The highest BCUT2D eigenvalue weighted by molar-refractivity contribution is 5.74. The van der Waals surface area contributed by atoms with Crippen LogP contribution in [0.5, 0.6) is 0 Å². The fourth-order valence-corrected chi connectivity index (χ4v) is 3.09. The minimum absolute atomic E-state index is 0.0455. The van der Waals surface area contributed by atoms with Crippen LogP contribution in [-0.2, 0) is 0 Å². The number of likely N-dealkylation sites (tertiary alicyclic amines) is 1. The number of nitrogens with one attached hydrogen (secondary N) is 1. The van der Waals surface area contributed by atoms with E-state index in [9.17, 15) is 4.79 Å². The van der Waals surface area contributed by atoms with E-state index in [-0.39, 0.29) is 11.9 Å². The molecule has 0 saturated carbocycles. The van der Waals surface area contributed by atoms with Gasteiger partial charge < -0.3 is 10.2 Å². The number of fused-ring (bicyclic) bond motifs is 1. The summed E-state index contributed by atoms with van der Waals surface area (Å²) in [5, 5.41) is 11.6. The number of piperidine rings is 1. The summed E-state index contributed by atoms with van der Waals surface area (Å²) in [6, 6.07) is 5.95. The van der Waals surface area contributed by atoms with Gasteiger partial charge in [0.2, 0.25) is 0 Å². The molecule has 6 nitrogen and oxygen atoms in total. The number of hydrogen-bond donors (Lipinski definition) is 1. The first-order chi connectivity index (χ1) is 11.1. The summed E-state index contributed by atoms with van der Waals surface area (Å²) in [7, 11) is 0. The van der Waals surface area contributed by atoms with E-state index >= 15 is 0 Å². The lowest BCUT2D eigenvalue weighted by Crippen LogP contribution is -2.45. The molecule has 0 radical (unpaired) electrons. The normalized spacial score (nSPS) is 18.6. The highest BCUT2D eigenvalue weighted by Gasteiger charge is 2.27. The van der Waals surface area contributed by atoms with Gasteiger partial charge in [0.1, 0.15) is 5.82 Å². The van der Waals surface area contributed by atoms with Crippen molar-refractivity contribution in [1.82, 2.24) is 24.8 Å². The zero-order chi connectivity index (χ0) is 16.2. The van der Waals surface area contributed by atoms with E-state index < -0.39 is 0 Å². The third kappa shape index (κ3) is 3.63. The van der Waals surface area contributed by atoms with Crippen LogP contribution < -0.4 is 5.32 Å². The summed E-state index contributed by atoms with van der Waals surface area (Å²) in [6.07, 6.45) is 5.06. The second kappa shape index (κ2) is 6.98. The molecule has 0 bridgehead atoms. The Morgan fingerprint density at radius 1 is 1.39 bits per heavy atom. The molecule has 2 amide bonds. The number of nitrogens with zero attached hydrogens (tertiary/aromatic N) is 4. The summed E-state index contributed by atoms with van der Waals surface area (Å²) in [4.78, 5) is 14.2. The predicted octanol–water partition coefficient (Wildman–Crippen LogP) is 2.66. The van der Waals surface area contributed by atoms with Crippen molar-refractivity contribution in [3.63, 3.8) is 0 Å². The van der Waals surface area contributed by atoms with Crippen LogP contribution in [0.25, 0.3) is 5.65 Å². The van der Waals surface area contributed by atoms with Gasteiger partial charge in [-0.1, -0.05) is 19.9 Å². The Morgan fingerprint density at radius 2 is 2.26 bits per heavy atom. The highest BCUT2D eigenvalue weighted by Crippen LogP contribution is 2.26. The minimum atomic E-state index is 0.0455. The van der Waals surface area contributed by atoms with E-state index in [4.69, 9.17) is 0 Å². The molecule has 1 atom stereocenters. The van der Waals surface area contributed by atoms with Crippen LogP contribution in [0.1, 0.15) is 44.9 Å². The number of pyridine rings is 1. The molecule has 23 heavy (non-hydrogen) atoms. The zero-order valence-electron chi connectivity index (χ0n) is 13.9. The predicted molar refractivity (Wildman–Crippen MR) is 89.4 cm³/mol. The average molecular weight is 315 g/mol. The summed E-state index contributed by atoms with van der Waals surface area (Å²) >= 11 is 0. The van der Waals surface area contributed by atoms with E-state index in [1.165, 1.54) is 0 Å². The standard InChI is InChI=1S/C17H25N5O/c1-13(2)8-9-18-17(23)21-10-5-6-14(12-21)16-20-19-15-7-3-4-11-22(15)16/h3-4,7,11,13-14H,5-6,8-10,12H2,1-2H3,(H,18,23)/t14-/m1/s1. The SMILES string of the molecule is CC(C)CCNC(=O)N1CCC[C@@H](c2nnc3ccccn23)C1. The van der Waals surface area contributed by atoms with E-state index in [1.54, 1.807) is 0 Å². The molecule has 1 saturated heterocycles. The van der Waals surface area contributed by atoms with Crippen molar-refractivity contribution < 1.29 is 4.79 Å². The van der Waals surface area contributed by atoms with E-state index in [0.717, 1.165) is 43.8 Å². The molecule has 3 rings (SSSR count). The van der Waals surface area contributed by atoms with Gasteiger partial charge in [0.15, 0.2) is 5.65 Å². The number of rotatable bonds is 4. The van der Waals surface area contributed by atoms with Gasteiger partial charge in [-0.3, -0.25) is 4.40 Å². The van der Waals surface area contributed by atoms with Crippen molar-refractivity contribution >= 4 is 11.7 Å². The largest absolute Gasteiger partial charge is 0.338 e. The van der Waals surface area contributed by atoms with Crippen LogP contribution in [0.3, 0.4) is 0 Å². The maximum atomic E-state index is 12.3. The lowest BCUT2D eigenvalue weighted by molar-refractivity contribution is 0.177. The van der Waals surface area contributed by atoms with Gasteiger partial charge in [-0.25, -0.2) is 4.79 Å². The second-order valence-corrected chi connectivity index (χ2v) is 6.69. The maximum Gasteiger partial charge on any atom is 0.317 e. The smallest absolute Gasteiger partial charge is 0.317 e. The number of amides is 2. The van der Waals surface area contributed by atoms with Crippen LogP contribution in [-0.4, -0.2) is 45.2 Å². The van der Waals surface area contributed by atoms with Gasteiger partial charge >= 0.3 is 6.03 Å². The lowest BCUT2D eigenvalue weighted by Gasteiger charge is -2.32. The summed E-state index contributed by atoms with van der Waals surface area (Å²) in [5.74, 6) is 1.81. The lowest BCUT2D eigenvalue weighted by atomic mass is 9.97. The van der Waals surface area contributed by atoms with Crippen molar-refractivity contribution in [3.8, 4) is 0 Å². The van der Waals surface area contributed by atoms with Gasteiger partial charge in [-0.15, -0.1) is 10.2 Å². The topological polar surface area (TPSA) is 62.5 Å². The molecule has 0 aliphatic carbocycles. The first-order valence-electron chi connectivity index (χ1n) is 8.47. The van der Waals surface area contributed by atoms with Gasteiger partial charge in [0.05, 0.1) is 0 Å². The Kier molecular flexibility index (Phi) is 4.79. The van der Waals surface area contributed by atoms with Crippen molar-refractivity contribution in [3.05, 3.63) is 30.2 Å². The third-order valence-corrected chi connectivity index (χ3v) is 4.41. The summed E-state index contributed by atoms with van der Waals surface area (Å²) < 4.78 is 2.03. The fraction of sp³-hybridized carbons (Fsp3) is 0.588. The minimum Gasteiger partial charge on any atom is -0.338 e. The molecule has 124 valence electrons.